The fraction of sp³-hybridized carbons (Fsp3) is 0.407. The highest BCUT2D eigenvalue weighted by molar-refractivity contribution is 5.97. The Hall–Kier alpha value is -4.27. The number of amides is 4. The van der Waals surface area contributed by atoms with Crippen molar-refractivity contribution < 1.29 is 55.8 Å². The van der Waals surface area contributed by atoms with E-state index in [1.807, 2.05) is 11.9 Å². The lowest BCUT2D eigenvalue weighted by Gasteiger charge is -2.41. The van der Waals surface area contributed by atoms with Crippen molar-refractivity contribution in [3.8, 4) is 23.0 Å². The molecule has 1 aliphatic heterocycles. The first-order valence-electron chi connectivity index (χ1n) is 12.8. The van der Waals surface area contributed by atoms with Crippen LogP contribution in [0.25, 0.3) is 0 Å². The Morgan fingerprint density at radius 3 is 1.60 bits per heavy atom. The van der Waals surface area contributed by atoms with Crippen LogP contribution in [0.5, 0.6) is 23.0 Å². The van der Waals surface area contributed by atoms with Crippen molar-refractivity contribution in [1.82, 2.24) is 4.90 Å². The number of nitrogens with one attached hydrogen (secondary N) is 4. The van der Waals surface area contributed by atoms with E-state index in [1.54, 1.807) is 0 Å². The summed E-state index contributed by atoms with van der Waals surface area (Å²) in [6.07, 6.45) is 0. The van der Waals surface area contributed by atoms with E-state index in [-0.39, 0.29) is 94.9 Å². The molecule has 1 aliphatic rings. The van der Waals surface area contributed by atoms with Crippen LogP contribution in [0, 0.1) is 0 Å². The maximum absolute atomic E-state index is 12.8. The minimum absolute atomic E-state index is 0. The Morgan fingerprint density at radius 1 is 0.762 bits per heavy atom. The molecule has 6 N–H and O–H groups in total. The highest BCUT2D eigenvalue weighted by Gasteiger charge is 2.32. The third kappa shape index (κ3) is 9.12. The lowest BCUT2D eigenvalue weighted by Crippen LogP contribution is -3.00. The number of ether oxygens (including phenoxy) is 2. The number of piperazine rings is 1. The Morgan fingerprint density at radius 2 is 1.19 bits per heavy atom. The summed E-state index contributed by atoms with van der Waals surface area (Å²) in [4.78, 5) is 50.3. The average Bonchev–Trinajstić information content (AvgIpc) is 2.88. The van der Waals surface area contributed by atoms with Crippen molar-refractivity contribution in [3.63, 3.8) is 0 Å². The second kappa shape index (κ2) is 14.6. The molecule has 42 heavy (non-hydrogen) atoms. The molecule has 15 heteroatoms. The van der Waals surface area contributed by atoms with Crippen LogP contribution >= 0.6 is 0 Å². The molecule has 14 nitrogen and oxygen atoms in total. The normalized spacial score (nSPS) is 14.1. The van der Waals surface area contributed by atoms with Crippen LogP contribution < -0.4 is 43.1 Å². The molecule has 1 saturated heterocycles. The van der Waals surface area contributed by atoms with E-state index in [0.29, 0.717) is 30.7 Å². The third-order valence-electron chi connectivity index (χ3n) is 6.61. The van der Waals surface area contributed by atoms with Gasteiger partial charge in [-0.1, -0.05) is 0 Å². The van der Waals surface area contributed by atoms with E-state index in [1.165, 1.54) is 52.3 Å². The number of carbonyl (C=O) groups excluding carboxylic acids is 4. The topological polar surface area (TPSA) is 179 Å². The highest BCUT2D eigenvalue weighted by atomic mass is 35.5. The number of halogens is 1. The molecule has 0 radical (unpaired) electrons. The molecule has 1 heterocycles. The molecular weight excluding hydrogens is 572 g/mol. The van der Waals surface area contributed by atoms with Gasteiger partial charge >= 0.3 is 0 Å². The van der Waals surface area contributed by atoms with Gasteiger partial charge in [0.05, 0.1) is 63.7 Å². The summed E-state index contributed by atoms with van der Waals surface area (Å²) in [5.41, 5.74) is 0.878. The van der Waals surface area contributed by atoms with E-state index in [4.69, 9.17) is 9.47 Å². The van der Waals surface area contributed by atoms with Crippen molar-refractivity contribution in [1.29, 1.82) is 0 Å². The molecule has 0 spiro atoms. The molecule has 0 saturated carbocycles. The maximum Gasteiger partial charge on any atom is 0.279 e. The second-order valence-electron chi connectivity index (χ2n) is 10.1. The molecule has 0 aromatic heterocycles. The molecular formula is C27H37ClN6O8. The average molecular weight is 609 g/mol. The number of hydrogen-bond donors (Lipinski definition) is 6. The predicted octanol–water partition coefficient (Wildman–Crippen LogP) is -1.62. The Labute approximate surface area is 250 Å². The van der Waals surface area contributed by atoms with Gasteiger partial charge in [0.15, 0.2) is 6.54 Å². The number of methoxy groups -OCH3 is 2. The van der Waals surface area contributed by atoms with Gasteiger partial charge in [0.25, 0.3) is 5.91 Å². The van der Waals surface area contributed by atoms with E-state index in [9.17, 15) is 29.4 Å². The summed E-state index contributed by atoms with van der Waals surface area (Å²) in [5.74, 6) is -1.16. The van der Waals surface area contributed by atoms with Crippen LogP contribution in [0.2, 0.25) is 0 Å². The Kier molecular flexibility index (Phi) is 11.8. The quantitative estimate of drug-likeness (QED) is 0.137. The largest absolute Gasteiger partial charge is 1.00 e. The molecule has 0 bridgehead atoms. The lowest BCUT2D eigenvalue weighted by molar-refractivity contribution is -0.905. The van der Waals surface area contributed by atoms with Crippen molar-refractivity contribution in [3.05, 3.63) is 24.3 Å². The van der Waals surface area contributed by atoms with Gasteiger partial charge in [-0.25, -0.2) is 0 Å². The fourth-order valence-corrected chi connectivity index (χ4v) is 4.48. The standard InChI is InChI=1S/C27H36N6O8.ClH/c1-16(34)28-20-10-22(36)18(12-24(20)40-4)30-26(38)14-32-6-8-33(3,9-7-32)15-27(39)31-19-13-25(41-5)21(11-23(19)37)29-17(2)35;/h10-13H,6-9,14-15H2,1-5H3,(H5-,28,29,30,31,34,35,36,37,38,39);1H. The van der Waals surface area contributed by atoms with E-state index >= 15 is 0 Å². The summed E-state index contributed by atoms with van der Waals surface area (Å²) < 4.78 is 10.9. The molecule has 0 unspecified atom stereocenters. The first-order valence-corrected chi connectivity index (χ1v) is 12.8. The van der Waals surface area contributed by atoms with Gasteiger partial charge in [-0.05, 0) is 0 Å². The maximum atomic E-state index is 12.8. The van der Waals surface area contributed by atoms with E-state index in [0.717, 1.165) is 0 Å². The molecule has 2 aromatic carbocycles. The number of nitrogens with zero attached hydrogens (tertiary/aromatic N) is 2. The van der Waals surface area contributed by atoms with Gasteiger partial charge in [0, 0.05) is 51.2 Å². The number of phenolic OH excluding ortho intramolecular Hbond substituents is 2. The van der Waals surface area contributed by atoms with Gasteiger partial charge in [-0.2, -0.15) is 0 Å². The number of phenols is 2. The van der Waals surface area contributed by atoms with E-state index < -0.39 is 0 Å². The van der Waals surface area contributed by atoms with Crippen LogP contribution in [0.1, 0.15) is 13.8 Å². The SMILES string of the molecule is COc1cc(NC(=O)CN2CC[N+](C)(CC(=O)Nc3cc(OC)c(NC(C)=O)cc3O)CC2)c(O)cc1NC(C)=O.[Cl-]. The van der Waals surface area contributed by atoms with Crippen molar-refractivity contribution in [2.45, 2.75) is 13.8 Å². The van der Waals surface area contributed by atoms with Gasteiger partial charge in [0.1, 0.15) is 23.0 Å². The summed E-state index contributed by atoms with van der Waals surface area (Å²) in [5, 5.41) is 31.2. The van der Waals surface area contributed by atoms with E-state index in [2.05, 4.69) is 21.3 Å². The molecule has 1 fully saturated rings. The van der Waals surface area contributed by atoms with Gasteiger partial charge in [0.2, 0.25) is 17.7 Å². The van der Waals surface area contributed by atoms with Gasteiger partial charge < -0.3 is 57.8 Å². The molecule has 0 atom stereocenters. The second-order valence-corrected chi connectivity index (χ2v) is 10.1. The highest BCUT2D eigenvalue weighted by Crippen LogP contribution is 2.37. The molecule has 3 rings (SSSR count). The van der Waals surface area contributed by atoms with Gasteiger partial charge in [-0.15, -0.1) is 0 Å². The lowest BCUT2D eigenvalue weighted by atomic mass is 10.2. The van der Waals surface area contributed by atoms with Crippen LogP contribution in [0.4, 0.5) is 22.7 Å². The Balaban J connectivity index is 0.00000616. The molecule has 0 aliphatic carbocycles. The number of benzene rings is 2. The zero-order valence-electron chi connectivity index (χ0n) is 24.2. The summed E-state index contributed by atoms with van der Waals surface area (Å²) in [6, 6.07) is 5.49. The minimum atomic E-state index is -0.337. The van der Waals surface area contributed by atoms with Crippen LogP contribution in [-0.2, 0) is 19.2 Å². The number of carbonyl (C=O) groups is 4. The number of quaternary nitrogens is 1. The van der Waals surface area contributed by atoms with Crippen molar-refractivity contribution in [2.75, 3.05) is 81.8 Å². The first kappa shape index (κ1) is 33.9. The number of rotatable bonds is 10. The minimum Gasteiger partial charge on any atom is -1.00 e. The molecule has 230 valence electrons. The monoisotopic (exact) mass is 608 g/mol. The summed E-state index contributed by atoms with van der Waals surface area (Å²) >= 11 is 0. The van der Waals surface area contributed by atoms with Crippen LogP contribution in [-0.4, -0.2) is 104 Å². The zero-order valence-corrected chi connectivity index (χ0v) is 24.9. The number of likely N-dealkylation sites (N-methyl/N-ethyl adjacent to an activating group) is 1. The van der Waals surface area contributed by atoms with Crippen molar-refractivity contribution in [2.24, 2.45) is 0 Å². The predicted molar refractivity (Wildman–Crippen MR) is 152 cm³/mol. The number of aromatic hydroxyl groups is 2. The number of hydrogen-bond acceptors (Lipinski definition) is 9. The first-order chi connectivity index (χ1) is 19.3. The van der Waals surface area contributed by atoms with Crippen LogP contribution in [0.3, 0.4) is 0 Å². The van der Waals surface area contributed by atoms with Crippen molar-refractivity contribution >= 4 is 46.4 Å². The molecule has 2 aromatic rings. The Bertz CT molecular complexity index is 1330. The summed E-state index contributed by atoms with van der Waals surface area (Å²) in [6.45, 7) is 5.19. The van der Waals surface area contributed by atoms with Crippen LogP contribution in [0.15, 0.2) is 24.3 Å². The third-order valence-corrected chi connectivity index (χ3v) is 6.61. The van der Waals surface area contributed by atoms with Gasteiger partial charge in [-0.3, -0.25) is 24.1 Å². The molecule has 4 amide bonds. The smallest absolute Gasteiger partial charge is 0.279 e. The zero-order chi connectivity index (χ0) is 30.3. The number of anilines is 4. The summed E-state index contributed by atoms with van der Waals surface area (Å²) in [7, 11) is 4.77. The fourth-order valence-electron chi connectivity index (χ4n) is 4.48.